The van der Waals surface area contributed by atoms with Gasteiger partial charge in [-0.05, 0) is 0 Å². The molecule has 0 spiro atoms. The maximum atomic E-state index is 6.28. The van der Waals surface area contributed by atoms with E-state index in [1.165, 1.54) is 5.56 Å². The Bertz CT molecular complexity index is 1030. The van der Waals surface area contributed by atoms with Gasteiger partial charge in [-0.15, -0.1) is 0 Å². The third-order valence-electron chi connectivity index (χ3n) is 3.81. The summed E-state index contributed by atoms with van der Waals surface area (Å²) in [5, 5.41) is 2.69. The lowest BCUT2D eigenvalue weighted by Crippen LogP contribution is -3.00. The molecule has 0 radical (unpaired) electrons. The van der Waals surface area contributed by atoms with Gasteiger partial charge in [0.05, 0.1) is 21.8 Å². The van der Waals surface area contributed by atoms with E-state index in [0.29, 0.717) is 15.7 Å². The molecule has 4 aromatic rings. The number of aromatic nitrogens is 3. The Hall–Kier alpha value is -1.52. The van der Waals surface area contributed by atoms with Crippen molar-refractivity contribution in [2.75, 3.05) is 0 Å². The molecule has 0 atom stereocenters. The van der Waals surface area contributed by atoms with E-state index in [9.17, 15) is 0 Å². The van der Waals surface area contributed by atoms with Crippen molar-refractivity contribution in [1.82, 2.24) is 9.97 Å². The molecule has 24 heavy (non-hydrogen) atoms. The SMILES string of the molecule is Clc1nc(Cl)c2c([nH]c3cc[n+](Cc4ccccc4)cc32)c1Cl.[Cl-]. The fraction of sp³-hybridized carbons (Fsp3) is 0.0588. The van der Waals surface area contributed by atoms with E-state index < -0.39 is 0 Å². The number of halogens is 4. The van der Waals surface area contributed by atoms with Gasteiger partial charge < -0.3 is 17.4 Å². The lowest BCUT2D eigenvalue weighted by atomic mass is 10.2. The zero-order chi connectivity index (χ0) is 16.0. The fourth-order valence-corrected chi connectivity index (χ4v) is 3.43. The molecule has 0 saturated carbocycles. The van der Waals surface area contributed by atoms with Crippen LogP contribution in [0.25, 0.3) is 21.8 Å². The second-order valence-electron chi connectivity index (χ2n) is 5.31. The van der Waals surface area contributed by atoms with Gasteiger partial charge in [-0.1, -0.05) is 65.1 Å². The highest BCUT2D eigenvalue weighted by atomic mass is 35.5. The summed E-state index contributed by atoms with van der Waals surface area (Å²) in [4.78, 5) is 7.37. The Balaban J connectivity index is 0.00000169. The van der Waals surface area contributed by atoms with Crippen molar-refractivity contribution in [2.24, 2.45) is 0 Å². The average Bonchev–Trinajstić information content (AvgIpc) is 2.93. The number of H-pyrrole nitrogens is 1. The smallest absolute Gasteiger partial charge is 0.179 e. The summed E-state index contributed by atoms with van der Waals surface area (Å²) in [5.41, 5.74) is 2.88. The molecule has 0 aliphatic heterocycles. The van der Waals surface area contributed by atoms with Gasteiger partial charge in [0.15, 0.2) is 24.1 Å². The van der Waals surface area contributed by atoms with E-state index in [4.69, 9.17) is 34.8 Å². The number of rotatable bonds is 2. The van der Waals surface area contributed by atoms with Crippen molar-refractivity contribution in [3.05, 3.63) is 69.7 Å². The zero-order valence-corrected chi connectivity index (χ0v) is 15.3. The van der Waals surface area contributed by atoms with E-state index in [0.717, 1.165) is 22.8 Å². The fourth-order valence-electron chi connectivity index (χ4n) is 2.74. The molecule has 7 heteroatoms. The van der Waals surface area contributed by atoms with E-state index in [-0.39, 0.29) is 17.6 Å². The van der Waals surface area contributed by atoms with E-state index >= 15 is 0 Å². The molecule has 0 aliphatic rings. The highest BCUT2D eigenvalue weighted by Gasteiger charge is 2.18. The molecule has 3 nitrogen and oxygen atoms in total. The van der Waals surface area contributed by atoms with Crippen LogP contribution in [0.2, 0.25) is 15.3 Å². The monoisotopic (exact) mass is 397 g/mol. The Morgan fingerprint density at radius 1 is 1.00 bits per heavy atom. The largest absolute Gasteiger partial charge is 1.00 e. The number of benzene rings is 1. The molecule has 0 fully saturated rings. The molecule has 0 aliphatic carbocycles. The van der Waals surface area contributed by atoms with Crippen molar-refractivity contribution in [3.8, 4) is 0 Å². The predicted molar refractivity (Wildman–Crippen MR) is 94.4 cm³/mol. The Labute approximate surface area is 159 Å². The Morgan fingerprint density at radius 2 is 1.75 bits per heavy atom. The van der Waals surface area contributed by atoms with Gasteiger partial charge >= 0.3 is 0 Å². The van der Waals surface area contributed by atoms with Gasteiger partial charge in [0.25, 0.3) is 0 Å². The van der Waals surface area contributed by atoms with Crippen LogP contribution in [-0.2, 0) is 6.54 Å². The first kappa shape index (κ1) is 17.3. The van der Waals surface area contributed by atoms with Crippen molar-refractivity contribution < 1.29 is 17.0 Å². The summed E-state index contributed by atoms with van der Waals surface area (Å²) in [6.07, 6.45) is 4.06. The minimum Gasteiger partial charge on any atom is -1.00 e. The normalized spacial score (nSPS) is 11.0. The van der Waals surface area contributed by atoms with Crippen molar-refractivity contribution in [3.63, 3.8) is 0 Å². The number of hydrogen-bond acceptors (Lipinski definition) is 1. The zero-order valence-electron chi connectivity index (χ0n) is 12.2. The van der Waals surface area contributed by atoms with Crippen LogP contribution >= 0.6 is 34.8 Å². The maximum absolute atomic E-state index is 6.28. The average molecular weight is 399 g/mol. The molecule has 0 saturated heterocycles. The van der Waals surface area contributed by atoms with Crippen LogP contribution in [0.1, 0.15) is 5.56 Å². The first-order valence-electron chi connectivity index (χ1n) is 7.02. The van der Waals surface area contributed by atoms with Gasteiger partial charge in [0.1, 0.15) is 10.2 Å². The van der Waals surface area contributed by atoms with Crippen molar-refractivity contribution >= 4 is 56.6 Å². The highest BCUT2D eigenvalue weighted by molar-refractivity contribution is 6.47. The summed E-state index contributed by atoms with van der Waals surface area (Å²) < 4.78 is 2.10. The summed E-state index contributed by atoms with van der Waals surface area (Å²) in [6, 6.07) is 12.3. The summed E-state index contributed by atoms with van der Waals surface area (Å²) in [5.74, 6) is 0. The molecule has 3 aromatic heterocycles. The molecule has 1 N–H and O–H groups in total. The van der Waals surface area contributed by atoms with Crippen LogP contribution in [-0.4, -0.2) is 9.97 Å². The van der Waals surface area contributed by atoms with E-state index in [2.05, 4.69) is 26.7 Å². The molecule has 122 valence electrons. The van der Waals surface area contributed by atoms with Crippen LogP contribution < -0.4 is 17.0 Å². The van der Waals surface area contributed by atoms with Crippen LogP contribution in [0, 0.1) is 0 Å². The number of pyridine rings is 2. The first-order valence-corrected chi connectivity index (χ1v) is 8.16. The predicted octanol–water partition coefficient (Wildman–Crippen LogP) is 2.02. The lowest BCUT2D eigenvalue weighted by Gasteiger charge is -2.00. The minimum absolute atomic E-state index is 0. The van der Waals surface area contributed by atoms with Crippen LogP contribution in [0.3, 0.4) is 0 Å². The number of nitrogens with zero attached hydrogens (tertiary/aromatic N) is 2. The first-order chi connectivity index (χ1) is 11.1. The number of nitrogens with one attached hydrogen (secondary N) is 1. The van der Waals surface area contributed by atoms with Gasteiger partial charge in [-0.3, -0.25) is 0 Å². The molecule has 0 bridgehead atoms. The maximum Gasteiger partial charge on any atom is 0.179 e. The van der Waals surface area contributed by atoms with Crippen molar-refractivity contribution in [1.29, 1.82) is 0 Å². The summed E-state index contributed by atoms with van der Waals surface area (Å²) >= 11 is 18.5. The second-order valence-corrected chi connectivity index (χ2v) is 6.41. The Kier molecular flexibility index (Phi) is 4.88. The quantitative estimate of drug-likeness (QED) is 0.406. The van der Waals surface area contributed by atoms with Gasteiger partial charge in [-0.2, -0.15) is 0 Å². The van der Waals surface area contributed by atoms with Crippen LogP contribution in [0.15, 0.2) is 48.8 Å². The van der Waals surface area contributed by atoms with Crippen LogP contribution in [0.4, 0.5) is 0 Å². The van der Waals surface area contributed by atoms with Gasteiger partial charge in [0.2, 0.25) is 0 Å². The number of hydrogen-bond donors (Lipinski definition) is 1. The molecule has 0 amide bonds. The summed E-state index contributed by atoms with van der Waals surface area (Å²) in [6.45, 7) is 0.774. The summed E-state index contributed by atoms with van der Waals surface area (Å²) in [7, 11) is 0. The Morgan fingerprint density at radius 3 is 2.50 bits per heavy atom. The topological polar surface area (TPSA) is 32.6 Å². The van der Waals surface area contributed by atoms with Gasteiger partial charge in [0, 0.05) is 11.6 Å². The molecule has 0 unspecified atom stereocenters. The standard InChI is InChI=1S/C17H10Cl3N3.ClH/c18-14-15-13(16(19)22-17(14)20)11-9-23(7-6-12(11)21-15)8-10-4-2-1-3-5-10;/h1-7,9H,8H2;1H. The third kappa shape index (κ3) is 2.93. The molecule has 4 rings (SSSR count). The molecule has 3 heterocycles. The van der Waals surface area contributed by atoms with E-state index in [1.807, 2.05) is 36.7 Å². The second kappa shape index (κ2) is 6.77. The van der Waals surface area contributed by atoms with E-state index in [1.54, 1.807) is 0 Å². The third-order valence-corrected chi connectivity index (χ3v) is 4.82. The number of fused-ring (bicyclic) bond motifs is 3. The lowest BCUT2D eigenvalue weighted by molar-refractivity contribution is -0.687. The highest BCUT2D eigenvalue weighted by Crippen LogP contribution is 2.36. The molecular formula is C17H11Cl4N3. The minimum atomic E-state index is 0. The van der Waals surface area contributed by atoms with Crippen LogP contribution in [0.5, 0.6) is 0 Å². The van der Waals surface area contributed by atoms with Crippen molar-refractivity contribution in [2.45, 2.75) is 6.54 Å². The molecule has 1 aromatic carbocycles. The number of aromatic amines is 1. The molecular weight excluding hydrogens is 388 g/mol. The van der Waals surface area contributed by atoms with Gasteiger partial charge in [-0.25, -0.2) is 9.55 Å².